The number of guanidine groups is 1. The lowest BCUT2D eigenvalue weighted by atomic mass is 9.85. The molecule has 0 unspecified atom stereocenters. The number of benzene rings is 1. The number of nitrogens with one attached hydrogen (secondary N) is 2. The second kappa shape index (κ2) is 10.1. The van der Waals surface area contributed by atoms with E-state index >= 15 is 0 Å². The van der Waals surface area contributed by atoms with Gasteiger partial charge in [-0.3, -0.25) is 9.89 Å². The Balaban J connectivity index is 1.54. The first-order valence-corrected chi connectivity index (χ1v) is 11.3. The van der Waals surface area contributed by atoms with Crippen LogP contribution in [0.1, 0.15) is 45.1 Å². The Hall–Kier alpha value is -1.30. The first kappa shape index (κ1) is 22.4. The standard InChI is InChI=1S/C23H37ClN4O/c1-22(2,16-19-7-6-8-20(24)15-19)17-26-21(25-3)27-18-23(9-13-29-14-10-23)28-11-4-5-12-28/h6-8,15H,4-5,9-14,16-18H2,1-3H3,(H2,25,26,27). The van der Waals surface area contributed by atoms with Gasteiger partial charge in [-0.05, 0) is 68.3 Å². The van der Waals surface area contributed by atoms with Crippen LogP contribution in [0.3, 0.4) is 0 Å². The quantitative estimate of drug-likeness (QED) is 0.521. The van der Waals surface area contributed by atoms with E-state index < -0.39 is 0 Å². The molecule has 162 valence electrons. The van der Waals surface area contributed by atoms with Crippen LogP contribution in [0, 0.1) is 5.41 Å². The van der Waals surface area contributed by atoms with Crippen molar-refractivity contribution in [1.29, 1.82) is 0 Å². The topological polar surface area (TPSA) is 48.9 Å². The number of hydrogen-bond acceptors (Lipinski definition) is 3. The minimum atomic E-state index is 0.0909. The van der Waals surface area contributed by atoms with Crippen molar-refractivity contribution < 1.29 is 4.74 Å². The molecule has 0 amide bonds. The van der Waals surface area contributed by atoms with Crippen LogP contribution in [0.15, 0.2) is 29.3 Å². The first-order chi connectivity index (χ1) is 13.9. The van der Waals surface area contributed by atoms with E-state index in [0.717, 1.165) is 56.5 Å². The highest BCUT2D eigenvalue weighted by Crippen LogP contribution is 2.30. The summed E-state index contributed by atoms with van der Waals surface area (Å²) < 4.78 is 5.66. The molecule has 6 heteroatoms. The molecule has 3 rings (SSSR count). The molecular formula is C23H37ClN4O. The van der Waals surface area contributed by atoms with Crippen molar-refractivity contribution in [3.63, 3.8) is 0 Å². The van der Waals surface area contributed by atoms with Gasteiger partial charge in [-0.15, -0.1) is 0 Å². The zero-order chi connectivity index (χ0) is 20.7. The van der Waals surface area contributed by atoms with Gasteiger partial charge in [0, 0.05) is 43.9 Å². The Kier molecular flexibility index (Phi) is 7.83. The number of aliphatic imine (C=N–C) groups is 1. The first-order valence-electron chi connectivity index (χ1n) is 10.9. The number of hydrogen-bond donors (Lipinski definition) is 2. The van der Waals surface area contributed by atoms with Crippen molar-refractivity contribution in [2.45, 2.75) is 51.5 Å². The molecule has 29 heavy (non-hydrogen) atoms. The maximum absolute atomic E-state index is 6.15. The van der Waals surface area contributed by atoms with Crippen molar-refractivity contribution in [1.82, 2.24) is 15.5 Å². The molecule has 1 aromatic carbocycles. The second-order valence-electron chi connectivity index (χ2n) is 9.28. The molecule has 2 N–H and O–H groups in total. The van der Waals surface area contributed by atoms with Gasteiger partial charge in [-0.2, -0.15) is 0 Å². The summed E-state index contributed by atoms with van der Waals surface area (Å²) in [5.41, 5.74) is 1.55. The largest absolute Gasteiger partial charge is 0.381 e. The molecule has 0 radical (unpaired) electrons. The van der Waals surface area contributed by atoms with Crippen LogP contribution in [-0.2, 0) is 11.2 Å². The lowest BCUT2D eigenvalue weighted by Gasteiger charge is -2.45. The van der Waals surface area contributed by atoms with Crippen LogP contribution in [0.5, 0.6) is 0 Å². The summed E-state index contributed by atoms with van der Waals surface area (Å²) in [5, 5.41) is 7.97. The molecule has 0 saturated carbocycles. The maximum atomic E-state index is 6.15. The number of halogens is 1. The van der Waals surface area contributed by atoms with E-state index in [9.17, 15) is 0 Å². The lowest BCUT2D eigenvalue weighted by molar-refractivity contribution is -0.0164. The van der Waals surface area contributed by atoms with E-state index in [1.54, 1.807) is 0 Å². The lowest BCUT2D eigenvalue weighted by Crippen LogP contribution is -2.59. The highest BCUT2D eigenvalue weighted by Gasteiger charge is 2.39. The van der Waals surface area contributed by atoms with E-state index in [4.69, 9.17) is 16.3 Å². The van der Waals surface area contributed by atoms with Gasteiger partial charge < -0.3 is 15.4 Å². The van der Waals surface area contributed by atoms with Gasteiger partial charge in [0.1, 0.15) is 0 Å². The van der Waals surface area contributed by atoms with Gasteiger partial charge in [-0.1, -0.05) is 37.6 Å². The predicted octanol–water partition coefficient (Wildman–Crippen LogP) is 3.72. The molecule has 2 heterocycles. The van der Waals surface area contributed by atoms with Crippen LogP contribution >= 0.6 is 11.6 Å². The second-order valence-corrected chi connectivity index (χ2v) is 9.72. The molecule has 5 nitrogen and oxygen atoms in total. The third kappa shape index (κ3) is 6.34. The Morgan fingerprint density at radius 2 is 1.93 bits per heavy atom. The van der Waals surface area contributed by atoms with Gasteiger partial charge in [0.05, 0.1) is 0 Å². The van der Waals surface area contributed by atoms with Crippen LogP contribution in [-0.4, -0.2) is 62.8 Å². The van der Waals surface area contributed by atoms with Gasteiger partial charge in [0.25, 0.3) is 0 Å². The maximum Gasteiger partial charge on any atom is 0.191 e. The van der Waals surface area contributed by atoms with Crippen molar-refractivity contribution in [2.24, 2.45) is 10.4 Å². The van der Waals surface area contributed by atoms with Crippen molar-refractivity contribution in [2.75, 3.05) is 46.4 Å². The fraction of sp³-hybridized carbons (Fsp3) is 0.696. The fourth-order valence-electron chi connectivity index (χ4n) is 4.60. The summed E-state index contributed by atoms with van der Waals surface area (Å²) in [4.78, 5) is 7.16. The average molecular weight is 421 g/mol. The molecule has 0 aromatic heterocycles. The normalized spacial score (nSPS) is 20.6. The summed E-state index contributed by atoms with van der Waals surface area (Å²) in [6.07, 6.45) is 5.78. The SMILES string of the molecule is CN=C(NCC(C)(C)Cc1cccc(Cl)c1)NCC1(N2CCCC2)CCOCC1. The smallest absolute Gasteiger partial charge is 0.191 e. The van der Waals surface area contributed by atoms with E-state index in [1.165, 1.54) is 31.5 Å². The van der Waals surface area contributed by atoms with Crippen molar-refractivity contribution >= 4 is 17.6 Å². The minimum Gasteiger partial charge on any atom is -0.381 e. The van der Waals surface area contributed by atoms with Crippen LogP contribution in [0.2, 0.25) is 5.02 Å². The third-order valence-electron chi connectivity index (χ3n) is 6.31. The Morgan fingerprint density at radius 1 is 1.21 bits per heavy atom. The number of rotatable bonds is 7. The van der Waals surface area contributed by atoms with Gasteiger partial charge >= 0.3 is 0 Å². The Labute approximate surface area is 181 Å². The van der Waals surface area contributed by atoms with E-state index in [0.29, 0.717) is 0 Å². The third-order valence-corrected chi connectivity index (χ3v) is 6.55. The average Bonchev–Trinajstić information content (AvgIpc) is 3.24. The van der Waals surface area contributed by atoms with E-state index in [-0.39, 0.29) is 11.0 Å². The molecule has 2 aliphatic rings. The van der Waals surface area contributed by atoms with E-state index in [1.807, 2.05) is 19.2 Å². The molecule has 1 aromatic rings. The predicted molar refractivity (Wildman–Crippen MR) is 122 cm³/mol. The summed E-state index contributed by atoms with van der Waals surface area (Å²) >= 11 is 6.15. The molecule has 0 spiro atoms. The van der Waals surface area contributed by atoms with Crippen LogP contribution in [0.4, 0.5) is 0 Å². The molecule has 2 fully saturated rings. The molecular weight excluding hydrogens is 384 g/mol. The zero-order valence-electron chi connectivity index (χ0n) is 18.3. The van der Waals surface area contributed by atoms with E-state index in [2.05, 4.69) is 46.5 Å². The summed E-state index contributed by atoms with van der Waals surface area (Å²) in [5.74, 6) is 0.884. The number of nitrogens with zero attached hydrogens (tertiary/aromatic N) is 2. The van der Waals surface area contributed by atoms with Gasteiger partial charge in [0.2, 0.25) is 0 Å². The minimum absolute atomic E-state index is 0.0909. The zero-order valence-corrected chi connectivity index (χ0v) is 19.0. The van der Waals surface area contributed by atoms with Crippen molar-refractivity contribution in [3.05, 3.63) is 34.9 Å². The van der Waals surface area contributed by atoms with Gasteiger partial charge in [0.15, 0.2) is 5.96 Å². The number of ether oxygens (including phenoxy) is 1. The summed E-state index contributed by atoms with van der Waals surface area (Å²) in [6.45, 7) is 10.5. The highest BCUT2D eigenvalue weighted by molar-refractivity contribution is 6.30. The number of likely N-dealkylation sites (tertiary alicyclic amines) is 1. The molecule has 2 saturated heterocycles. The van der Waals surface area contributed by atoms with Crippen LogP contribution < -0.4 is 10.6 Å². The molecule has 0 atom stereocenters. The highest BCUT2D eigenvalue weighted by atomic mass is 35.5. The van der Waals surface area contributed by atoms with Crippen LogP contribution in [0.25, 0.3) is 0 Å². The monoisotopic (exact) mass is 420 g/mol. The van der Waals surface area contributed by atoms with Gasteiger partial charge in [-0.25, -0.2) is 0 Å². The molecule has 2 aliphatic heterocycles. The summed E-state index contributed by atoms with van der Waals surface area (Å²) in [6, 6.07) is 8.15. The fourth-order valence-corrected chi connectivity index (χ4v) is 4.81. The summed E-state index contributed by atoms with van der Waals surface area (Å²) in [7, 11) is 1.85. The Bertz CT molecular complexity index is 679. The molecule has 0 aliphatic carbocycles. The Morgan fingerprint density at radius 3 is 2.59 bits per heavy atom. The van der Waals surface area contributed by atoms with Crippen molar-refractivity contribution in [3.8, 4) is 0 Å². The molecule has 0 bridgehead atoms.